The minimum Gasteiger partial charge on any atom is -0.481 e. The van der Waals surface area contributed by atoms with E-state index in [1.54, 1.807) is 6.08 Å². The molecular formula is C24H34O2. The van der Waals surface area contributed by atoms with Gasteiger partial charge in [0.2, 0.25) is 0 Å². The van der Waals surface area contributed by atoms with E-state index in [1.165, 1.54) is 49.7 Å². The molecule has 1 atom stereocenters. The van der Waals surface area contributed by atoms with Crippen LogP contribution in [0.4, 0.5) is 0 Å². The number of benzene rings is 1. The zero-order valence-corrected chi connectivity index (χ0v) is 16.2. The van der Waals surface area contributed by atoms with Crippen LogP contribution in [0, 0.1) is 23.7 Å². The third-order valence-corrected chi connectivity index (χ3v) is 7.16. The normalized spacial score (nSPS) is 30.5. The minimum absolute atomic E-state index is 0.301. The molecule has 26 heavy (non-hydrogen) atoms. The lowest BCUT2D eigenvalue weighted by atomic mass is 9.67. The highest BCUT2D eigenvalue weighted by atomic mass is 16.4. The Kier molecular flexibility index (Phi) is 6.56. The Hall–Kier alpha value is -1.57. The van der Waals surface area contributed by atoms with E-state index < -0.39 is 5.97 Å². The molecule has 2 aliphatic carbocycles. The molecule has 0 bridgehead atoms. The summed E-state index contributed by atoms with van der Waals surface area (Å²) in [7, 11) is 0. The Morgan fingerprint density at radius 2 is 1.58 bits per heavy atom. The summed E-state index contributed by atoms with van der Waals surface area (Å²) in [5.74, 6) is 1.67. The fourth-order valence-electron chi connectivity index (χ4n) is 5.42. The van der Waals surface area contributed by atoms with Crippen molar-refractivity contribution in [3.8, 4) is 0 Å². The number of carboxylic acids is 1. The van der Waals surface area contributed by atoms with Crippen molar-refractivity contribution >= 4 is 5.97 Å². The number of aryl methyl sites for hydroxylation is 1. The standard InChI is InChI=1S/C24H34O2/c1-3-17-5-7-18(8-6-17)19-9-11-20(12-10-19)21-13-15-22(16-14-21)23(4-2)24(25)26/h4-8,19-23H,2-3,9-16H2,1H3,(H,25,26). The highest BCUT2D eigenvalue weighted by Gasteiger charge is 2.34. The van der Waals surface area contributed by atoms with E-state index in [4.69, 9.17) is 0 Å². The van der Waals surface area contributed by atoms with E-state index in [0.717, 1.165) is 37.0 Å². The van der Waals surface area contributed by atoms with Crippen LogP contribution < -0.4 is 0 Å². The summed E-state index contributed by atoms with van der Waals surface area (Å²) >= 11 is 0. The van der Waals surface area contributed by atoms with Crippen LogP contribution in [0.3, 0.4) is 0 Å². The number of hydrogen-bond donors (Lipinski definition) is 1. The van der Waals surface area contributed by atoms with Crippen LogP contribution >= 0.6 is 0 Å². The maximum atomic E-state index is 11.4. The maximum absolute atomic E-state index is 11.4. The number of carbonyl (C=O) groups is 1. The van der Waals surface area contributed by atoms with E-state index in [-0.39, 0.29) is 5.92 Å². The second kappa shape index (κ2) is 8.88. The molecule has 1 unspecified atom stereocenters. The smallest absolute Gasteiger partial charge is 0.310 e. The number of aliphatic carboxylic acids is 1. The Morgan fingerprint density at radius 1 is 1.04 bits per heavy atom. The van der Waals surface area contributed by atoms with Crippen LogP contribution in [-0.4, -0.2) is 11.1 Å². The van der Waals surface area contributed by atoms with Crippen LogP contribution in [0.1, 0.15) is 75.3 Å². The molecule has 0 radical (unpaired) electrons. The SMILES string of the molecule is C=CC(C(=O)O)C1CCC(C2CCC(c3ccc(CC)cc3)CC2)CC1. The van der Waals surface area contributed by atoms with Gasteiger partial charge in [0, 0.05) is 0 Å². The summed E-state index contributed by atoms with van der Waals surface area (Å²) in [4.78, 5) is 11.4. The molecule has 0 amide bonds. The van der Waals surface area contributed by atoms with Crippen molar-refractivity contribution in [3.05, 3.63) is 48.0 Å². The Morgan fingerprint density at radius 3 is 2.04 bits per heavy atom. The number of rotatable bonds is 6. The fraction of sp³-hybridized carbons (Fsp3) is 0.625. The second-order valence-electron chi connectivity index (χ2n) is 8.48. The van der Waals surface area contributed by atoms with Gasteiger partial charge in [-0.3, -0.25) is 4.79 Å². The third kappa shape index (κ3) is 4.39. The van der Waals surface area contributed by atoms with Gasteiger partial charge in [0.05, 0.1) is 5.92 Å². The molecule has 2 heteroatoms. The van der Waals surface area contributed by atoms with Crippen LogP contribution in [0.15, 0.2) is 36.9 Å². The van der Waals surface area contributed by atoms with Crippen molar-refractivity contribution in [1.82, 2.24) is 0 Å². The molecule has 0 heterocycles. The Balaban J connectivity index is 1.48. The van der Waals surface area contributed by atoms with Gasteiger partial charge in [0.25, 0.3) is 0 Å². The van der Waals surface area contributed by atoms with Crippen molar-refractivity contribution in [1.29, 1.82) is 0 Å². The molecule has 0 aliphatic heterocycles. The number of carboxylic acid groups (broad SMARTS) is 1. The molecule has 1 aromatic carbocycles. The summed E-state index contributed by atoms with van der Waals surface area (Å²) in [5.41, 5.74) is 2.96. The van der Waals surface area contributed by atoms with Gasteiger partial charge in [-0.25, -0.2) is 0 Å². The largest absolute Gasteiger partial charge is 0.481 e. The summed E-state index contributed by atoms with van der Waals surface area (Å²) < 4.78 is 0. The molecule has 0 spiro atoms. The fourth-order valence-corrected chi connectivity index (χ4v) is 5.42. The minimum atomic E-state index is -0.696. The van der Waals surface area contributed by atoms with Crippen molar-refractivity contribution in [2.24, 2.45) is 23.7 Å². The second-order valence-corrected chi connectivity index (χ2v) is 8.48. The highest BCUT2D eigenvalue weighted by Crippen LogP contribution is 2.45. The van der Waals surface area contributed by atoms with Gasteiger partial charge in [-0.1, -0.05) is 37.3 Å². The first-order chi connectivity index (χ1) is 12.6. The monoisotopic (exact) mass is 354 g/mol. The van der Waals surface area contributed by atoms with Crippen molar-refractivity contribution in [3.63, 3.8) is 0 Å². The summed E-state index contributed by atoms with van der Waals surface area (Å²) in [6.45, 7) is 5.94. The van der Waals surface area contributed by atoms with Crippen LogP contribution in [0.25, 0.3) is 0 Å². The molecule has 1 aromatic rings. The molecule has 0 aromatic heterocycles. The lowest BCUT2D eigenvalue weighted by molar-refractivity contribution is -0.142. The van der Waals surface area contributed by atoms with Gasteiger partial charge in [-0.05, 0) is 92.6 Å². The van der Waals surface area contributed by atoms with E-state index >= 15 is 0 Å². The average molecular weight is 355 g/mol. The summed E-state index contributed by atoms with van der Waals surface area (Å²) in [6, 6.07) is 9.27. The predicted molar refractivity (Wildman–Crippen MR) is 107 cm³/mol. The summed E-state index contributed by atoms with van der Waals surface area (Å²) in [6.07, 6.45) is 12.6. The first-order valence-electron chi connectivity index (χ1n) is 10.6. The van der Waals surface area contributed by atoms with E-state index in [1.807, 2.05) is 0 Å². The third-order valence-electron chi connectivity index (χ3n) is 7.16. The molecule has 3 rings (SSSR count). The van der Waals surface area contributed by atoms with Gasteiger partial charge < -0.3 is 5.11 Å². The first kappa shape index (κ1) is 19.2. The molecule has 2 aliphatic rings. The Labute approximate surface area is 158 Å². The van der Waals surface area contributed by atoms with Gasteiger partial charge in [-0.2, -0.15) is 0 Å². The summed E-state index contributed by atoms with van der Waals surface area (Å²) in [5, 5.41) is 9.34. The van der Waals surface area contributed by atoms with Crippen molar-refractivity contribution < 1.29 is 9.90 Å². The molecular weight excluding hydrogens is 320 g/mol. The maximum Gasteiger partial charge on any atom is 0.310 e. The topological polar surface area (TPSA) is 37.3 Å². The van der Waals surface area contributed by atoms with Gasteiger partial charge in [0.15, 0.2) is 0 Å². The van der Waals surface area contributed by atoms with Crippen LogP contribution in [0.5, 0.6) is 0 Å². The highest BCUT2D eigenvalue weighted by molar-refractivity contribution is 5.72. The lowest BCUT2D eigenvalue weighted by Gasteiger charge is -2.38. The zero-order chi connectivity index (χ0) is 18.5. The van der Waals surface area contributed by atoms with Crippen LogP contribution in [0.2, 0.25) is 0 Å². The van der Waals surface area contributed by atoms with Gasteiger partial charge in [-0.15, -0.1) is 6.58 Å². The van der Waals surface area contributed by atoms with Crippen molar-refractivity contribution in [2.45, 2.75) is 70.6 Å². The van der Waals surface area contributed by atoms with Gasteiger partial charge in [0.1, 0.15) is 0 Å². The molecule has 2 saturated carbocycles. The quantitative estimate of drug-likeness (QED) is 0.616. The molecule has 2 fully saturated rings. The van der Waals surface area contributed by atoms with Crippen LogP contribution in [-0.2, 0) is 11.2 Å². The van der Waals surface area contributed by atoms with Gasteiger partial charge >= 0.3 is 5.97 Å². The first-order valence-corrected chi connectivity index (χ1v) is 10.6. The predicted octanol–water partition coefficient (Wildman–Crippen LogP) is 6.22. The van der Waals surface area contributed by atoms with E-state index in [2.05, 4.69) is 37.8 Å². The van der Waals surface area contributed by atoms with Crippen molar-refractivity contribution in [2.75, 3.05) is 0 Å². The molecule has 0 saturated heterocycles. The Bertz CT molecular complexity index is 587. The number of hydrogen-bond acceptors (Lipinski definition) is 1. The molecule has 2 nitrogen and oxygen atoms in total. The molecule has 142 valence electrons. The molecule has 1 N–H and O–H groups in total. The zero-order valence-electron chi connectivity index (χ0n) is 16.2. The van der Waals surface area contributed by atoms with E-state index in [9.17, 15) is 9.90 Å². The van der Waals surface area contributed by atoms with E-state index in [0.29, 0.717) is 5.92 Å². The average Bonchev–Trinajstić information content (AvgIpc) is 2.69. The lowest BCUT2D eigenvalue weighted by Crippen LogP contribution is -2.30.